The molecule has 6 heteroatoms. The van der Waals surface area contributed by atoms with Gasteiger partial charge in [0.15, 0.2) is 11.5 Å². The molecule has 1 saturated heterocycles. The van der Waals surface area contributed by atoms with Crippen LogP contribution in [0.1, 0.15) is 30.3 Å². The Bertz CT molecular complexity index is 895. The van der Waals surface area contributed by atoms with Gasteiger partial charge in [-0.2, -0.15) is 4.98 Å². The van der Waals surface area contributed by atoms with Gasteiger partial charge >= 0.3 is 0 Å². The lowest BCUT2D eigenvalue weighted by atomic mass is 10.0. The zero-order valence-corrected chi connectivity index (χ0v) is 15.6. The Morgan fingerprint density at radius 1 is 1.07 bits per heavy atom. The minimum Gasteiger partial charge on any atom is -0.493 e. The van der Waals surface area contributed by atoms with E-state index in [0.717, 1.165) is 36.4 Å². The third kappa shape index (κ3) is 3.66. The van der Waals surface area contributed by atoms with Gasteiger partial charge in [-0.05, 0) is 37.1 Å². The molecule has 6 nitrogen and oxygen atoms in total. The first-order chi connectivity index (χ1) is 13.3. The molecule has 1 atom stereocenters. The van der Waals surface area contributed by atoms with E-state index in [-0.39, 0.29) is 0 Å². The molecule has 3 aromatic rings. The van der Waals surface area contributed by atoms with Gasteiger partial charge in [-0.15, -0.1) is 0 Å². The van der Waals surface area contributed by atoms with Gasteiger partial charge in [0, 0.05) is 11.6 Å². The second-order valence-corrected chi connectivity index (χ2v) is 6.62. The van der Waals surface area contributed by atoms with Crippen molar-refractivity contribution < 1.29 is 14.0 Å². The Balaban J connectivity index is 1.52. The zero-order valence-electron chi connectivity index (χ0n) is 15.6. The van der Waals surface area contributed by atoms with Crippen molar-refractivity contribution in [1.82, 2.24) is 15.0 Å². The maximum absolute atomic E-state index is 5.50. The van der Waals surface area contributed by atoms with Crippen LogP contribution < -0.4 is 9.47 Å². The van der Waals surface area contributed by atoms with E-state index in [2.05, 4.69) is 27.2 Å². The monoisotopic (exact) mass is 365 g/mol. The maximum Gasteiger partial charge on any atom is 0.241 e. The van der Waals surface area contributed by atoms with Crippen LogP contribution in [-0.2, 0) is 6.54 Å². The van der Waals surface area contributed by atoms with Crippen LogP contribution in [0.5, 0.6) is 11.5 Å². The number of likely N-dealkylation sites (tertiary alicyclic amines) is 1. The molecule has 140 valence electrons. The lowest BCUT2D eigenvalue weighted by Gasteiger charge is -2.23. The maximum atomic E-state index is 5.50. The van der Waals surface area contributed by atoms with Crippen molar-refractivity contribution in [2.24, 2.45) is 0 Å². The number of hydrogen-bond acceptors (Lipinski definition) is 6. The van der Waals surface area contributed by atoms with E-state index in [1.807, 2.05) is 36.4 Å². The number of rotatable bonds is 6. The van der Waals surface area contributed by atoms with Crippen LogP contribution in [0.4, 0.5) is 0 Å². The summed E-state index contributed by atoms with van der Waals surface area (Å²) < 4.78 is 16.3. The summed E-state index contributed by atoms with van der Waals surface area (Å²) >= 11 is 0. The summed E-state index contributed by atoms with van der Waals surface area (Å²) in [6.45, 7) is 1.64. The minimum absolute atomic E-state index is 0.303. The first-order valence-corrected chi connectivity index (χ1v) is 9.12. The molecule has 0 aliphatic carbocycles. The van der Waals surface area contributed by atoms with Crippen LogP contribution in [-0.4, -0.2) is 35.8 Å². The normalized spacial score (nSPS) is 17.2. The highest BCUT2D eigenvalue weighted by Gasteiger charge is 2.28. The van der Waals surface area contributed by atoms with E-state index in [0.29, 0.717) is 24.3 Å². The number of nitrogens with zero attached hydrogens (tertiary/aromatic N) is 3. The molecule has 0 N–H and O–H groups in total. The fourth-order valence-electron chi connectivity index (χ4n) is 3.65. The van der Waals surface area contributed by atoms with Crippen molar-refractivity contribution in [2.75, 3.05) is 20.8 Å². The molecular weight excluding hydrogens is 342 g/mol. The highest BCUT2D eigenvalue weighted by molar-refractivity contribution is 5.53. The smallest absolute Gasteiger partial charge is 0.241 e. The van der Waals surface area contributed by atoms with Crippen LogP contribution in [0, 0.1) is 0 Å². The summed E-state index contributed by atoms with van der Waals surface area (Å²) in [6.07, 6.45) is 2.23. The zero-order chi connectivity index (χ0) is 18.6. The Morgan fingerprint density at radius 3 is 2.67 bits per heavy atom. The van der Waals surface area contributed by atoms with Gasteiger partial charge in [-0.25, -0.2) is 0 Å². The number of hydrogen-bond donors (Lipinski definition) is 0. The molecule has 0 amide bonds. The van der Waals surface area contributed by atoms with E-state index < -0.39 is 0 Å². The molecule has 1 aliphatic heterocycles. The molecule has 1 aliphatic rings. The van der Waals surface area contributed by atoms with Crippen molar-refractivity contribution in [3.63, 3.8) is 0 Å². The second kappa shape index (κ2) is 7.80. The summed E-state index contributed by atoms with van der Waals surface area (Å²) in [4.78, 5) is 6.95. The average molecular weight is 365 g/mol. The molecule has 0 radical (unpaired) electrons. The van der Waals surface area contributed by atoms with Crippen LogP contribution in [0.15, 0.2) is 53.1 Å². The number of aromatic nitrogens is 2. The Morgan fingerprint density at radius 2 is 1.89 bits per heavy atom. The molecule has 1 fully saturated rings. The van der Waals surface area contributed by atoms with E-state index >= 15 is 0 Å². The molecule has 27 heavy (non-hydrogen) atoms. The lowest BCUT2D eigenvalue weighted by molar-refractivity contribution is 0.212. The van der Waals surface area contributed by atoms with Gasteiger partial charge in [0.2, 0.25) is 11.7 Å². The van der Waals surface area contributed by atoms with Crippen molar-refractivity contribution in [3.05, 3.63) is 60.0 Å². The first kappa shape index (κ1) is 17.5. The van der Waals surface area contributed by atoms with Crippen LogP contribution in [0.3, 0.4) is 0 Å². The summed E-state index contributed by atoms with van der Waals surface area (Å²) in [5, 5.41) is 4.13. The molecule has 1 aromatic heterocycles. The molecule has 0 spiro atoms. The highest BCUT2D eigenvalue weighted by Crippen LogP contribution is 2.37. The Hall–Kier alpha value is -2.86. The summed E-state index contributed by atoms with van der Waals surface area (Å²) in [5.41, 5.74) is 2.18. The third-order valence-electron chi connectivity index (χ3n) is 4.99. The predicted molar refractivity (Wildman–Crippen MR) is 102 cm³/mol. The van der Waals surface area contributed by atoms with Gasteiger partial charge < -0.3 is 14.0 Å². The van der Waals surface area contributed by atoms with Gasteiger partial charge in [0.25, 0.3) is 0 Å². The van der Waals surface area contributed by atoms with Crippen molar-refractivity contribution in [3.8, 4) is 22.9 Å². The van der Waals surface area contributed by atoms with Crippen LogP contribution in [0.25, 0.3) is 11.4 Å². The molecular formula is C21H23N3O3. The fraction of sp³-hybridized carbons (Fsp3) is 0.333. The van der Waals surface area contributed by atoms with Crippen molar-refractivity contribution in [2.45, 2.75) is 25.4 Å². The van der Waals surface area contributed by atoms with E-state index in [1.54, 1.807) is 14.2 Å². The van der Waals surface area contributed by atoms with Gasteiger partial charge in [-0.3, -0.25) is 4.90 Å². The van der Waals surface area contributed by atoms with E-state index in [4.69, 9.17) is 14.0 Å². The van der Waals surface area contributed by atoms with E-state index in [9.17, 15) is 0 Å². The van der Waals surface area contributed by atoms with Gasteiger partial charge in [0.1, 0.15) is 0 Å². The standard InChI is InChI=1S/C21H23N3O3/c1-25-18-11-10-16(13-19(18)26-2)17-9-6-12-24(17)14-20-22-21(23-27-20)15-7-4-3-5-8-15/h3-5,7-8,10-11,13,17H,6,9,12,14H2,1-2H3/t17-/m0/s1. The van der Waals surface area contributed by atoms with Crippen molar-refractivity contribution in [1.29, 1.82) is 0 Å². The Kier molecular flexibility index (Phi) is 5.07. The molecule has 2 aromatic carbocycles. The topological polar surface area (TPSA) is 60.6 Å². The Labute approximate surface area is 158 Å². The molecule has 2 heterocycles. The number of ether oxygens (including phenoxy) is 2. The van der Waals surface area contributed by atoms with Crippen LogP contribution in [0.2, 0.25) is 0 Å². The van der Waals surface area contributed by atoms with E-state index in [1.165, 1.54) is 5.56 Å². The van der Waals surface area contributed by atoms with Gasteiger partial charge in [-0.1, -0.05) is 41.6 Å². The lowest BCUT2D eigenvalue weighted by Crippen LogP contribution is -2.23. The first-order valence-electron chi connectivity index (χ1n) is 9.12. The van der Waals surface area contributed by atoms with Crippen molar-refractivity contribution >= 4 is 0 Å². The third-order valence-corrected chi connectivity index (χ3v) is 4.99. The molecule has 0 unspecified atom stereocenters. The van der Waals surface area contributed by atoms with Crippen LogP contribution >= 0.6 is 0 Å². The fourth-order valence-corrected chi connectivity index (χ4v) is 3.65. The minimum atomic E-state index is 0.303. The molecule has 4 rings (SSSR count). The quantitative estimate of drug-likeness (QED) is 0.656. The average Bonchev–Trinajstić information content (AvgIpc) is 3.38. The summed E-state index contributed by atoms with van der Waals surface area (Å²) in [6, 6.07) is 16.3. The largest absolute Gasteiger partial charge is 0.493 e. The molecule has 0 bridgehead atoms. The van der Waals surface area contributed by atoms with Gasteiger partial charge in [0.05, 0.1) is 20.8 Å². The SMILES string of the molecule is COc1ccc([C@@H]2CCCN2Cc2nc(-c3ccccc3)no2)cc1OC. The molecule has 0 saturated carbocycles. The second-order valence-electron chi connectivity index (χ2n) is 6.62. The summed E-state index contributed by atoms with van der Waals surface area (Å²) in [7, 11) is 3.32. The summed E-state index contributed by atoms with van der Waals surface area (Å²) in [5.74, 6) is 2.77. The highest BCUT2D eigenvalue weighted by atomic mass is 16.5. The number of methoxy groups -OCH3 is 2. The predicted octanol–water partition coefficient (Wildman–Crippen LogP) is 4.09. The number of benzene rings is 2.